The largest absolute Gasteiger partial charge is 0.478 e. The second kappa shape index (κ2) is 4.24. The minimum atomic E-state index is -1.35. The van der Waals surface area contributed by atoms with E-state index in [0.717, 1.165) is 0 Å². The molecule has 1 unspecified atom stereocenters. The summed E-state index contributed by atoms with van der Waals surface area (Å²) in [5, 5.41) is 17.2. The van der Waals surface area contributed by atoms with Crippen LogP contribution in [0.3, 0.4) is 0 Å². The zero-order chi connectivity index (χ0) is 8.15. The lowest BCUT2D eigenvalue weighted by atomic mass is 10.4. The number of aliphatic carboxylic acids is 1. The molecule has 0 bridgehead atoms. The summed E-state index contributed by atoms with van der Waals surface area (Å²) in [5.74, 6) is -1.19. The van der Waals surface area contributed by atoms with Crippen LogP contribution in [-0.2, 0) is 4.79 Å². The van der Waals surface area contributed by atoms with Gasteiger partial charge in [-0.15, -0.1) is 0 Å². The highest BCUT2D eigenvalue weighted by atomic mass is 16.4. The Bertz CT molecular complexity index is 112. The van der Waals surface area contributed by atoms with E-state index in [1.54, 1.807) is 13.8 Å². The zero-order valence-corrected chi connectivity index (χ0v) is 6.24. The first kappa shape index (κ1) is 9.39. The van der Waals surface area contributed by atoms with E-state index in [2.05, 4.69) is 0 Å². The van der Waals surface area contributed by atoms with Gasteiger partial charge in [-0.05, 0) is 13.1 Å². The van der Waals surface area contributed by atoms with Crippen molar-refractivity contribution in [3.63, 3.8) is 0 Å². The molecule has 4 nitrogen and oxygen atoms in total. The van der Waals surface area contributed by atoms with E-state index in [1.807, 2.05) is 0 Å². The summed E-state index contributed by atoms with van der Waals surface area (Å²) >= 11 is 0. The number of likely N-dealkylation sites (N-methyl/N-ethyl adjacent to an activating group) is 1. The van der Waals surface area contributed by atoms with E-state index in [0.29, 0.717) is 13.1 Å². The Kier molecular flexibility index (Phi) is 3.99. The van der Waals surface area contributed by atoms with Crippen molar-refractivity contribution < 1.29 is 15.0 Å². The summed E-state index contributed by atoms with van der Waals surface area (Å²) in [5.41, 5.74) is 0. The van der Waals surface area contributed by atoms with Crippen molar-refractivity contribution in [1.29, 1.82) is 0 Å². The molecule has 0 rings (SSSR count). The number of carbonyl (C=O) groups is 1. The van der Waals surface area contributed by atoms with Crippen LogP contribution >= 0.6 is 0 Å². The average Bonchev–Trinajstić information content (AvgIpc) is 1.90. The minimum absolute atomic E-state index is 0.546. The monoisotopic (exact) mass is 147 g/mol. The van der Waals surface area contributed by atoms with E-state index in [9.17, 15) is 4.79 Å². The van der Waals surface area contributed by atoms with Gasteiger partial charge >= 0.3 is 5.97 Å². The van der Waals surface area contributed by atoms with Gasteiger partial charge in [0.05, 0.1) is 0 Å². The van der Waals surface area contributed by atoms with Crippen LogP contribution in [0, 0.1) is 0 Å². The second-order valence-electron chi connectivity index (χ2n) is 1.93. The molecule has 0 radical (unpaired) electrons. The first-order chi connectivity index (χ1) is 4.63. The average molecular weight is 147 g/mol. The Balaban J connectivity index is 3.88. The topological polar surface area (TPSA) is 60.8 Å². The summed E-state index contributed by atoms with van der Waals surface area (Å²) in [4.78, 5) is 11.6. The Hall–Kier alpha value is -0.610. The Morgan fingerprint density at radius 2 is 1.90 bits per heavy atom. The van der Waals surface area contributed by atoms with Gasteiger partial charge in [0.15, 0.2) is 0 Å². The van der Waals surface area contributed by atoms with E-state index < -0.39 is 12.2 Å². The Morgan fingerprint density at radius 1 is 1.50 bits per heavy atom. The summed E-state index contributed by atoms with van der Waals surface area (Å²) in [7, 11) is 0. The number of carboxylic acids is 1. The fourth-order valence-corrected chi connectivity index (χ4v) is 0.726. The molecular formula is C6H13NO3. The fourth-order valence-electron chi connectivity index (χ4n) is 0.726. The first-order valence-corrected chi connectivity index (χ1v) is 3.28. The number of hydrogen-bond acceptors (Lipinski definition) is 3. The lowest BCUT2D eigenvalue weighted by Crippen LogP contribution is -2.40. The van der Waals surface area contributed by atoms with Gasteiger partial charge < -0.3 is 10.2 Å². The minimum Gasteiger partial charge on any atom is -0.478 e. The summed E-state index contributed by atoms with van der Waals surface area (Å²) < 4.78 is 0. The Labute approximate surface area is 60.1 Å². The van der Waals surface area contributed by atoms with Crippen LogP contribution in [0.25, 0.3) is 0 Å². The molecule has 0 aliphatic heterocycles. The summed E-state index contributed by atoms with van der Waals surface area (Å²) in [6.07, 6.45) is -1.35. The quantitative estimate of drug-likeness (QED) is 0.537. The molecule has 0 fully saturated rings. The molecule has 0 aliphatic carbocycles. The number of nitrogens with zero attached hydrogens (tertiary/aromatic N) is 1. The molecule has 0 aromatic heterocycles. The third-order valence-corrected chi connectivity index (χ3v) is 1.38. The van der Waals surface area contributed by atoms with Crippen molar-refractivity contribution in [2.75, 3.05) is 13.1 Å². The zero-order valence-electron chi connectivity index (χ0n) is 6.24. The molecule has 0 aromatic carbocycles. The predicted octanol–water partition coefficient (Wildman–Crippen LogP) is -0.269. The molecule has 60 valence electrons. The molecule has 0 saturated heterocycles. The maximum atomic E-state index is 10.2. The molecule has 1 atom stereocenters. The molecule has 0 spiro atoms. The van der Waals surface area contributed by atoms with E-state index in [1.165, 1.54) is 4.90 Å². The number of aliphatic hydroxyl groups excluding tert-OH is 1. The highest BCUT2D eigenvalue weighted by Gasteiger charge is 2.18. The van der Waals surface area contributed by atoms with Crippen LogP contribution in [-0.4, -0.2) is 40.4 Å². The molecule has 4 heteroatoms. The highest BCUT2D eigenvalue weighted by molar-refractivity contribution is 5.71. The van der Waals surface area contributed by atoms with Gasteiger partial charge in [0.2, 0.25) is 6.23 Å². The van der Waals surface area contributed by atoms with Crippen LogP contribution in [0.15, 0.2) is 0 Å². The number of hydrogen-bond donors (Lipinski definition) is 2. The molecule has 0 saturated carbocycles. The predicted molar refractivity (Wildman–Crippen MR) is 36.6 cm³/mol. The van der Waals surface area contributed by atoms with Crippen LogP contribution in [0.5, 0.6) is 0 Å². The van der Waals surface area contributed by atoms with E-state index >= 15 is 0 Å². The number of carboxylic acid groups (broad SMARTS) is 1. The second-order valence-corrected chi connectivity index (χ2v) is 1.93. The lowest BCUT2D eigenvalue weighted by molar-refractivity contribution is -0.157. The number of aliphatic hydroxyl groups is 1. The van der Waals surface area contributed by atoms with Gasteiger partial charge in [0.1, 0.15) is 0 Å². The van der Waals surface area contributed by atoms with Gasteiger partial charge in [-0.2, -0.15) is 0 Å². The molecule has 0 heterocycles. The maximum absolute atomic E-state index is 10.2. The fraction of sp³-hybridized carbons (Fsp3) is 0.833. The normalized spacial score (nSPS) is 13.6. The van der Waals surface area contributed by atoms with Crippen molar-refractivity contribution in [2.24, 2.45) is 0 Å². The molecule has 0 aliphatic rings. The number of rotatable bonds is 4. The molecule has 2 N–H and O–H groups in total. The third-order valence-electron chi connectivity index (χ3n) is 1.38. The SMILES string of the molecule is CCN(CC)C(O)C(=O)O. The molecule has 10 heavy (non-hydrogen) atoms. The van der Waals surface area contributed by atoms with E-state index in [4.69, 9.17) is 10.2 Å². The summed E-state index contributed by atoms with van der Waals surface area (Å²) in [6, 6.07) is 0. The van der Waals surface area contributed by atoms with Crippen LogP contribution in [0.1, 0.15) is 13.8 Å². The van der Waals surface area contributed by atoms with Crippen molar-refractivity contribution >= 4 is 5.97 Å². The standard InChI is InChI=1S/C6H13NO3/c1-3-7(4-2)5(8)6(9)10/h5,8H,3-4H2,1-2H3,(H,9,10). The maximum Gasteiger partial charge on any atom is 0.348 e. The highest BCUT2D eigenvalue weighted by Crippen LogP contribution is 1.93. The van der Waals surface area contributed by atoms with Crippen LogP contribution < -0.4 is 0 Å². The third kappa shape index (κ3) is 2.33. The van der Waals surface area contributed by atoms with Crippen LogP contribution in [0.2, 0.25) is 0 Å². The van der Waals surface area contributed by atoms with Gasteiger partial charge in [0, 0.05) is 0 Å². The van der Waals surface area contributed by atoms with Crippen molar-refractivity contribution in [2.45, 2.75) is 20.1 Å². The smallest absolute Gasteiger partial charge is 0.348 e. The summed E-state index contributed by atoms with van der Waals surface area (Å²) in [6.45, 7) is 4.69. The van der Waals surface area contributed by atoms with Crippen LogP contribution in [0.4, 0.5) is 0 Å². The van der Waals surface area contributed by atoms with Crippen molar-refractivity contribution in [1.82, 2.24) is 4.90 Å². The van der Waals surface area contributed by atoms with Crippen molar-refractivity contribution in [3.8, 4) is 0 Å². The first-order valence-electron chi connectivity index (χ1n) is 3.28. The lowest BCUT2D eigenvalue weighted by Gasteiger charge is -2.20. The van der Waals surface area contributed by atoms with Gasteiger partial charge in [-0.25, -0.2) is 4.79 Å². The molecule has 0 aromatic rings. The van der Waals surface area contributed by atoms with E-state index in [-0.39, 0.29) is 0 Å². The Morgan fingerprint density at radius 3 is 2.00 bits per heavy atom. The molecule has 0 amide bonds. The van der Waals surface area contributed by atoms with Gasteiger partial charge in [0.25, 0.3) is 0 Å². The van der Waals surface area contributed by atoms with Crippen molar-refractivity contribution in [3.05, 3.63) is 0 Å². The van der Waals surface area contributed by atoms with Gasteiger partial charge in [-0.3, -0.25) is 4.90 Å². The van der Waals surface area contributed by atoms with Gasteiger partial charge in [-0.1, -0.05) is 13.8 Å². The molecular weight excluding hydrogens is 134 g/mol.